The minimum atomic E-state index is -0.975. The summed E-state index contributed by atoms with van der Waals surface area (Å²) >= 11 is 0. The number of nitrogens with one attached hydrogen (secondary N) is 1. The first-order valence-electron chi connectivity index (χ1n) is 7.65. The van der Waals surface area contributed by atoms with Gasteiger partial charge >= 0.3 is 12.0 Å². The van der Waals surface area contributed by atoms with Gasteiger partial charge in [-0.2, -0.15) is 0 Å². The van der Waals surface area contributed by atoms with Crippen LogP contribution in [0.2, 0.25) is 0 Å². The Kier molecular flexibility index (Phi) is 6.01. The van der Waals surface area contributed by atoms with Gasteiger partial charge in [0.2, 0.25) is 0 Å². The molecule has 2 atom stereocenters. The molecule has 6 nitrogen and oxygen atoms in total. The summed E-state index contributed by atoms with van der Waals surface area (Å²) in [5.74, 6) is -1.07. The molecular weight excluding hydrogens is 270 g/mol. The molecule has 2 amide bonds. The molecule has 0 aromatic heterocycles. The Morgan fingerprint density at radius 2 is 1.86 bits per heavy atom. The first kappa shape index (κ1) is 17.8. The molecule has 6 heteroatoms. The Bertz CT molecular complexity index is 380. The van der Waals surface area contributed by atoms with Crippen molar-refractivity contribution in [2.24, 2.45) is 5.92 Å². The van der Waals surface area contributed by atoms with Crippen molar-refractivity contribution < 1.29 is 14.7 Å². The van der Waals surface area contributed by atoms with Crippen molar-refractivity contribution in [3.05, 3.63) is 0 Å². The molecule has 2 N–H and O–H groups in total. The molecule has 21 heavy (non-hydrogen) atoms. The minimum absolute atomic E-state index is 0.0428. The molecule has 0 spiro atoms. The zero-order chi connectivity index (χ0) is 16.2. The summed E-state index contributed by atoms with van der Waals surface area (Å²) in [5, 5.41) is 11.9. The fourth-order valence-electron chi connectivity index (χ4n) is 2.77. The lowest BCUT2D eigenvalue weighted by Gasteiger charge is -2.49. The summed E-state index contributed by atoms with van der Waals surface area (Å²) in [6.07, 6.45) is 4.04. The van der Waals surface area contributed by atoms with E-state index in [0.717, 1.165) is 12.8 Å². The monoisotopic (exact) mass is 299 g/mol. The second-order valence-electron chi connectivity index (χ2n) is 6.48. The molecule has 0 radical (unpaired) electrons. The number of carbonyl (C=O) groups excluding carboxylic acids is 1. The van der Waals surface area contributed by atoms with E-state index >= 15 is 0 Å². The van der Waals surface area contributed by atoms with Gasteiger partial charge in [-0.1, -0.05) is 20.3 Å². The van der Waals surface area contributed by atoms with Gasteiger partial charge in [0.15, 0.2) is 0 Å². The SMILES string of the molecule is CC[C@H](C)[C@H](NC(=O)N(C)CC1(N(C)C)CCC1)C(=O)O. The van der Waals surface area contributed by atoms with Crippen LogP contribution in [-0.2, 0) is 4.79 Å². The van der Waals surface area contributed by atoms with E-state index in [-0.39, 0.29) is 17.5 Å². The predicted molar refractivity (Wildman–Crippen MR) is 82.3 cm³/mol. The second-order valence-corrected chi connectivity index (χ2v) is 6.48. The Hall–Kier alpha value is -1.30. The molecule has 122 valence electrons. The molecule has 0 saturated heterocycles. The Labute approximate surface area is 127 Å². The molecule has 0 unspecified atom stereocenters. The molecule has 0 aromatic rings. The third-order valence-corrected chi connectivity index (χ3v) is 4.87. The molecule has 1 fully saturated rings. The van der Waals surface area contributed by atoms with Gasteiger partial charge in [0.05, 0.1) is 0 Å². The number of amides is 2. The lowest BCUT2D eigenvalue weighted by Crippen LogP contribution is -2.59. The van der Waals surface area contributed by atoms with Crippen molar-refractivity contribution in [1.82, 2.24) is 15.1 Å². The molecule has 1 aliphatic carbocycles. The van der Waals surface area contributed by atoms with Crippen molar-refractivity contribution in [2.45, 2.75) is 51.1 Å². The summed E-state index contributed by atoms with van der Waals surface area (Å²) in [4.78, 5) is 27.3. The standard InChI is InChI=1S/C15H29N3O3/c1-6-11(2)12(13(19)20)16-14(21)18(5)10-15(17(3)4)8-7-9-15/h11-12H,6-10H2,1-5H3,(H,16,21)(H,19,20)/t11-,12-/m0/s1. The maximum absolute atomic E-state index is 12.3. The van der Waals surface area contributed by atoms with Crippen LogP contribution in [-0.4, -0.2) is 66.2 Å². The van der Waals surface area contributed by atoms with Crippen LogP contribution < -0.4 is 5.32 Å². The summed E-state index contributed by atoms with van der Waals surface area (Å²) in [5.41, 5.74) is 0.0428. The number of hydrogen-bond donors (Lipinski definition) is 2. The number of urea groups is 1. The Morgan fingerprint density at radius 1 is 1.29 bits per heavy atom. The zero-order valence-corrected chi connectivity index (χ0v) is 13.8. The van der Waals surface area contributed by atoms with Gasteiger partial charge in [0.25, 0.3) is 0 Å². The maximum Gasteiger partial charge on any atom is 0.326 e. The van der Waals surface area contributed by atoms with Gasteiger partial charge in [-0.15, -0.1) is 0 Å². The van der Waals surface area contributed by atoms with Crippen molar-refractivity contribution in [3.63, 3.8) is 0 Å². The largest absolute Gasteiger partial charge is 0.480 e. The van der Waals surface area contributed by atoms with Crippen LogP contribution in [0.15, 0.2) is 0 Å². The van der Waals surface area contributed by atoms with Crippen LogP contribution in [0.5, 0.6) is 0 Å². The van der Waals surface area contributed by atoms with E-state index in [1.807, 2.05) is 27.9 Å². The van der Waals surface area contributed by atoms with Crippen molar-refractivity contribution in [2.75, 3.05) is 27.7 Å². The van der Waals surface area contributed by atoms with Crippen molar-refractivity contribution >= 4 is 12.0 Å². The number of hydrogen-bond acceptors (Lipinski definition) is 3. The molecule has 0 aromatic carbocycles. The van der Waals surface area contributed by atoms with Gasteiger partial charge in [0, 0.05) is 19.1 Å². The number of carbonyl (C=O) groups is 2. The molecule has 1 aliphatic rings. The van der Waals surface area contributed by atoms with Crippen LogP contribution in [0, 0.1) is 5.92 Å². The fourth-order valence-corrected chi connectivity index (χ4v) is 2.77. The highest BCUT2D eigenvalue weighted by molar-refractivity contribution is 5.82. The number of carboxylic acids is 1. The van der Waals surface area contributed by atoms with E-state index in [1.54, 1.807) is 11.9 Å². The van der Waals surface area contributed by atoms with E-state index in [4.69, 9.17) is 0 Å². The molecule has 0 aliphatic heterocycles. The molecular formula is C15H29N3O3. The number of carboxylic acid groups (broad SMARTS) is 1. The fraction of sp³-hybridized carbons (Fsp3) is 0.867. The van der Waals surface area contributed by atoms with Gasteiger partial charge in [0.1, 0.15) is 6.04 Å². The van der Waals surface area contributed by atoms with E-state index in [9.17, 15) is 14.7 Å². The smallest absolute Gasteiger partial charge is 0.326 e. The van der Waals surface area contributed by atoms with Crippen LogP contribution in [0.4, 0.5) is 4.79 Å². The highest BCUT2D eigenvalue weighted by atomic mass is 16.4. The Balaban J connectivity index is 2.63. The van der Waals surface area contributed by atoms with Crippen molar-refractivity contribution in [3.8, 4) is 0 Å². The average molecular weight is 299 g/mol. The van der Waals surface area contributed by atoms with Gasteiger partial charge in [-0.25, -0.2) is 9.59 Å². The first-order valence-corrected chi connectivity index (χ1v) is 7.65. The molecule has 0 bridgehead atoms. The quantitative estimate of drug-likeness (QED) is 0.749. The normalized spacial score (nSPS) is 19.5. The lowest BCUT2D eigenvalue weighted by molar-refractivity contribution is -0.140. The van der Waals surface area contributed by atoms with Crippen molar-refractivity contribution in [1.29, 1.82) is 0 Å². The summed E-state index contributed by atoms with van der Waals surface area (Å²) in [7, 11) is 5.79. The summed E-state index contributed by atoms with van der Waals surface area (Å²) < 4.78 is 0. The highest BCUT2D eigenvalue weighted by Gasteiger charge is 2.41. The van der Waals surface area contributed by atoms with Gasteiger partial charge in [-0.3, -0.25) is 0 Å². The molecule has 1 saturated carbocycles. The van der Waals surface area contributed by atoms with Crippen LogP contribution >= 0.6 is 0 Å². The predicted octanol–water partition coefficient (Wildman–Crippen LogP) is 1.61. The summed E-state index contributed by atoms with van der Waals surface area (Å²) in [6.45, 7) is 4.39. The number of nitrogens with zero attached hydrogens (tertiary/aromatic N) is 2. The highest BCUT2D eigenvalue weighted by Crippen LogP contribution is 2.36. The third-order valence-electron chi connectivity index (χ3n) is 4.87. The average Bonchev–Trinajstić information content (AvgIpc) is 2.37. The van der Waals surface area contributed by atoms with Crippen LogP contribution in [0.3, 0.4) is 0 Å². The van der Waals surface area contributed by atoms with Gasteiger partial charge < -0.3 is 20.2 Å². The number of aliphatic carboxylic acids is 1. The minimum Gasteiger partial charge on any atom is -0.480 e. The van der Waals surface area contributed by atoms with E-state index in [2.05, 4.69) is 10.2 Å². The second kappa shape index (κ2) is 7.11. The molecule has 1 rings (SSSR count). The van der Waals surface area contributed by atoms with E-state index in [0.29, 0.717) is 13.0 Å². The van der Waals surface area contributed by atoms with Crippen LogP contribution in [0.25, 0.3) is 0 Å². The first-order chi connectivity index (χ1) is 9.73. The summed E-state index contributed by atoms with van der Waals surface area (Å²) in [6, 6.07) is -1.14. The topological polar surface area (TPSA) is 72.9 Å². The van der Waals surface area contributed by atoms with E-state index < -0.39 is 12.0 Å². The number of likely N-dealkylation sites (N-methyl/N-ethyl adjacent to an activating group) is 2. The Morgan fingerprint density at radius 3 is 2.19 bits per heavy atom. The zero-order valence-electron chi connectivity index (χ0n) is 13.8. The number of rotatable bonds is 7. The lowest BCUT2D eigenvalue weighted by atomic mass is 9.75. The van der Waals surface area contributed by atoms with E-state index in [1.165, 1.54) is 6.42 Å². The maximum atomic E-state index is 12.3. The van der Waals surface area contributed by atoms with Crippen LogP contribution in [0.1, 0.15) is 39.5 Å². The third kappa shape index (κ3) is 4.09. The van der Waals surface area contributed by atoms with Gasteiger partial charge in [-0.05, 0) is 39.3 Å². The molecule has 0 heterocycles.